The van der Waals surface area contributed by atoms with Gasteiger partial charge in [-0.2, -0.15) is 0 Å². The van der Waals surface area contributed by atoms with Crippen molar-refractivity contribution in [3.63, 3.8) is 0 Å². The number of anilines is 1. The van der Waals surface area contributed by atoms with E-state index in [9.17, 15) is 9.18 Å². The minimum absolute atomic E-state index is 0.372. The second-order valence-electron chi connectivity index (χ2n) is 3.73. The average molecular weight is 234 g/mol. The van der Waals surface area contributed by atoms with Crippen LogP contribution >= 0.6 is 0 Å². The molecule has 0 bridgehead atoms. The standard InChI is InChI=1S/C12H11FN2O2/c1-7(12(16)17)15-11-10-6-9(13)3-2-8(10)4-5-14-11/h2-7H,1H3,(H,14,15)(H,16,17). The third-order valence-corrected chi connectivity index (χ3v) is 2.45. The summed E-state index contributed by atoms with van der Waals surface area (Å²) in [5.41, 5.74) is 0. The van der Waals surface area contributed by atoms with Crippen LogP contribution in [0.15, 0.2) is 30.5 Å². The maximum Gasteiger partial charge on any atom is 0.325 e. The van der Waals surface area contributed by atoms with Crippen molar-refractivity contribution in [2.45, 2.75) is 13.0 Å². The van der Waals surface area contributed by atoms with Crippen LogP contribution in [0.3, 0.4) is 0 Å². The summed E-state index contributed by atoms with van der Waals surface area (Å²) in [6.45, 7) is 1.50. The lowest BCUT2D eigenvalue weighted by Gasteiger charge is -2.11. The van der Waals surface area contributed by atoms with Crippen LogP contribution in [0.25, 0.3) is 10.8 Å². The number of rotatable bonds is 3. The quantitative estimate of drug-likeness (QED) is 0.855. The zero-order valence-corrected chi connectivity index (χ0v) is 9.14. The van der Waals surface area contributed by atoms with Gasteiger partial charge in [0, 0.05) is 11.6 Å². The van der Waals surface area contributed by atoms with Gasteiger partial charge in [0.2, 0.25) is 0 Å². The molecule has 1 aromatic heterocycles. The van der Waals surface area contributed by atoms with E-state index in [-0.39, 0.29) is 5.82 Å². The number of aromatic nitrogens is 1. The van der Waals surface area contributed by atoms with Crippen molar-refractivity contribution in [3.8, 4) is 0 Å². The summed E-state index contributed by atoms with van der Waals surface area (Å²) in [6.07, 6.45) is 1.55. The van der Waals surface area contributed by atoms with Crippen LogP contribution in [-0.2, 0) is 4.79 Å². The normalized spacial score (nSPS) is 12.4. The number of hydrogen-bond donors (Lipinski definition) is 2. The number of nitrogens with one attached hydrogen (secondary N) is 1. The van der Waals surface area contributed by atoms with Crippen molar-refractivity contribution < 1.29 is 14.3 Å². The first-order valence-corrected chi connectivity index (χ1v) is 5.11. The zero-order valence-electron chi connectivity index (χ0n) is 9.14. The number of carboxylic acid groups (broad SMARTS) is 1. The topological polar surface area (TPSA) is 62.2 Å². The first-order valence-electron chi connectivity index (χ1n) is 5.11. The molecule has 0 fully saturated rings. The molecule has 0 spiro atoms. The van der Waals surface area contributed by atoms with Gasteiger partial charge in [-0.05, 0) is 30.5 Å². The maximum atomic E-state index is 13.1. The predicted molar refractivity (Wildman–Crippen MR) is 62.4 cm³/mol. The Morgan fingerprint density at radius 1 is 1.47 bits per heavy atom. The minimum Gasteiger partial charge on any atom is -0.480 e. The summed E-state index contributed by atoms with van der Waals surface area (Å²) in [5, 5.41) is 12.9. The van der Waals surface area contributed by atoms with E-state index in [0.717, 1.165) is 5.39 Å². The molecule has 1 aromatic carbocycles. The Labute approximate surface area is 97.1 Å². The molecule has 0 saturated carbocycles. The van der Waals surface area contributed by atoms with E-state index >= 15 is 0 Å². The number of fused-ring (bicyclic) bond motifs is 1. The molecule has 2 rings (SSSR count). The second-order valence-corrected chi connectivity index (χ2v) is 3.73. The van der Waals surface area contributed by atoms with Crippen LogP contribution in [0, 0.1) is 5.82 Å². The van der Waals surface area contributed by atoms with Gasteiger partial charge in [0.15, 0.2) is 0 Å². The molecule has 0 radical (unpaired) electrons. The molecule has 1 atom stereocenters. The van der Waals surface area contributed by atoms with Gasteiger partial charge in [-0.3, -0.25) is 4.79 Å². The van der Waals surface area contributed by atoms with Gasteiger partial charge in [0.05, 0.1) is 0 Å². The van der Waals surface area contributed by atoms with Gasteiger partial charge in [0.1, 0.15) is 17.7 Å². The van der Waals surface area contributed by atoms with Crippen molar-refractivity contribution in [2.75, 3.05) is 5.32 Å². The molecular formula is C12H11FN2O2. The Morgan fingerprint density at radius 3 is 2.94 bits per heavy atom. The van der Waals surface area contributed by atoms with Gasteiger partial charge in [-0.15, -0.1) is 0 Å². The molecule has 0 amide bonds. The highest BCUT2D eigenvalue weighted by molar-refractivity contribution is 5.93. The van der Waals surface area contributed by atoms with Crippen LogP contribution in [0.4, 0.5) is 10.2 Å². The molecule has 0 aliphatic heterocycles. The molecule has 0 saturated heterocycles. The smallest absolute Gasteiger partial charge is 0.325 e. The highest BCUT2D eigenvalue weighted by atomic mass is 19.1. The highest BCUT2D eigenvalue weighted by Crippen LogP contribution is 2.22. The van der Waals surface area contributed by atoms with Gasteiger partial charge in [-0.25, -0.2) is 9.37 Å². The molecule has 2 aromatic rings. The zero-order chi connectivity index (χ0) is 12.4. The molecule has 88 valence electrons. The fourth-order valence-corrected chi connectivity index (χ4v) is 1.52. The number of nitrogens with zero attached hydrogens (tertiary/aromatic N) is 1. The molecule has 1 heterocycles. The number of aliphatic carboxylic acids is 1. The summed E-state index contributed by atoms with van der Waals surface area (Å²) < 4.78 is 13.1. The summed E-state index contributed by atoms with van der Waals surface area (Å²) in [5.74, 6) is -0.992. The van der Waals surface area contributed by atoms with E-state index in [1.165, 1.54) is 19.1 Å². The lowest BCUT2D eigenvalue weighted by molar-refractivity contribution is -0.137. The predicted octanol–water partition coefficient (Wildman–Crippen LogP) is 2.26. The van der Waals surface area contributed by atoms with Crippen LogP contribution in [-0.4, -0.2) is 22.1 Å². The van der Waals surface area contributed by atoms with Crippen LogP contribution in [0.2, 0.25) is 0 Å². The van der Waals surface area contributed by atoms with Crippen LogP contribution in [0.5, 0.6) is 0 Å². The van der Waals surface area contributed by atoms with E-state index in [1.54, 1.807) is 18.3 Å². The second kappa shape index (κ2) is 4.37. The fourth-order valence-electron chi connectivity index (χ4n) is 1.52. The lowest BCUT2D eigenvalue weighted by atomic mass is 10.1. The molecular weight excluding hydrogens is 223 g/mol. The third kappa shape index (κ3) is 2.33. The van der Waals surface area contributed by atoms with Crippen molar-refractivity contribution in [1.82, 2.24) is 4.98 Å². The Bertz CT molecular complexity index is 571. The minimum atomic E-state index is -0.986. The molecule has 4 nitrogen and oxygen atoms in total. The first kappa shape index (κ1) is 11.3. The van der Waals surface area contributed by atoms with E-state index < -0.39 is 12.0 Å². The molecule has 0 aliphatic rings. The van der Waals surface area contributed by atoms with Gasteiger partial charge in [0.25, 0.3) is 0 Å². The molecule has 17 heavy (non-hydrogen) atoms. The number of carboxylic acids is 1. The average Bonchev–Trinajstić information content (AvgIpc) is 2.29. The summed E-state index contributed by atoms with van der Waals surface area (Å²) in [6, 6.07) is 5.27. The Morgan fingerprint density at radius 2 is 2.24 bits per heavy atom. The number of benzene rings is 1. The van der Waals surface area contributed by atoms with E-state index in [1.807, 2.05) is 0 Å². The molecule has 5 heteroatoms. The number of hydrogen-bond acceptors (Lipinski definition) is 3. The Kier molecular flexibility index (Phi) is 2.91. The van der Waals surface area contributed by atoms with E-state index in [4.69, 9.17) is 5.11 Å². The van der Waals surface area contributed by atoms with Crippen molar-refractivity contribution in [3.05, 3.63) is 36.3 Å². The first-order chi connectivity index (χ1) is 8.08. The summed E-state index contributed by atoms with van der Waals surface area (Å²) in [7, 11) is 0. The van der Waals surface area contributed by atoms with Gasteiger partial charge >= 0.3 is 5.97 Å². The highest BCUT2D eigenvalue weighted by Gasteiger charge is 2.12. The third-order valence-electron chi connectivity index (χ3n) is 2.45. The molecule has 0 aliphatic carbocycles. The van der Waals surface area contributed by atoms with Gasteiger partial charge < -0.3 is 10.4 Å². The number of halogens is 1. The molecule has 2 N–H and O–H groups in total. The Hall–Kier alpha value is -2.17. The SMILES string of the molecule is CC(Nc1nccc2ccc(F)cc12)C(=O)O. The van der Waals surface area contributed by atoms with Crippen molar-refractivity contribution >= 4 is 22.6 Å². The monoisotopic (exact) mass is 234 g/mol. The van der Waals surface area contributed by atoms with Crippen LogP contribution in [0.1, 0.15) is 6.92 Å². The maximum absolute atomic E-state index is 13.1. The molecule has 1 unspecified atom stereocenters. The Balaban J connectivity index is 2.46. The van der Waals surface area contributed by atoms with Crippen molar-refractivity contribution in [1.29, 1.82) is 0 Å². The fraction of sp³-hybridized carbons (Fsp3) is 0.167. The summed E-state index contributed by atoms with van der Waals surface area (Å²) in [4.78, 5) is 14.8. The van der Waals surface area contributed by atoms with Crippen molar-refractivity contribution in [2.24, 2.45) is 0 Å². The summed E-state index contributed by atoms with van der Waals surface area (Å²) >= 11 is 0. The number of pyridine rings is 1. The van der Waals surface area contributed by atoms with Crippen LogP contribution < -0.4 is 5.32 Å². The lowest BCUT2D eigenvalue weighted by Crippen LogP contribution is -2.25. The largest absolute Gasteiger partial charge is 0.480 e. The van der Waals surface area contributed by atoms with Gasteiger partial charge in [-0.1, -0.05) is 6.07 Å². The van der Waals surface area contributed by atoms with E-state index in [2.05, 4.69) is 10.3 Å². The van der Waals surface area contributed by atoms with E-state index in [0.29, 0.717) is 11.2 Å². The number of carbonyl (C=O) groups is 1.